The number of hydrogen-bond acceptors (Lipinski definition) is 3. The van der Waals surface area contributed by atoms with Crippen molar-refractivity contribution in [1.82, 2.24) is 15.5 Å². The van der Waals surface area contributed by atoms with E-state index in [-0.39, 0.29) is 5.82 Å². The summed E-state index contributed by atoms with van der Waals surface area (Å²) in [5.74, 6) is 0.657. The molecule has 3 rings (SSSR count). The van der Waals surface area contributed by atoms with Gasteiger partial charge in [-0.05, 0) is 44.2 Å². The largest absolute Gasteiger partial charge is 0.364 e. The van der Waals surface area contributed by atoms with E-state index in [1.807, 2.05) is 6.92 Å². The molecule has 1 aromatic heterocycles. The number of hydrogen-bond donors (Lipinski definition) is 3. The first kappa shape index (κ1) is 12.2. The second-order valence-electron chi connectivity index (χ2n) is 4.91. The number of anilines is 1. The van der Waals surface area contributed by atoms with Crippen LogP contribution in [0.15, 0.2) is 24.3 Å². The third-order valence-corrected chi connectivity index (χ3v) is 3.54. The van der Waals surface area contributed by atoms with Crippen LogP contribution in [-0.2, 0) is 0 Å². The van der Waals surface area contributed by atoms with E-state index in [4.69, 9.17) is 0 Å². The van der Waals surface area contributed by atoms with Gasteiger partial charge in [-0.1, -0.05) is 0 Å². The zero-order valence-corrected chi connectivity index (χ0v) is 10.8. The molecule has 4 nitrogen and oxygen atoms in total. The van der Waals surface area contributed by atoms with Crippen molar-refractivity contribution in [2.45, 2.75) is 19.4 Å². The lowest BCUT2D eigenvalue weighted by Crippen LogP contribution is -2.22. The Morgan fingerprint density at radius 2 is 2.11 bits per heavy atom. The summed E-state index contributed by atoms with van der Waals surface area (Å²) >= 11 is 0. The van der Waals surface area contributed by atoms with Gasteiger partial charge < -0.3 is 10.6 Å². The molecule has 0 saturated carbocycles. The molecule has 100 valence electrons. The Morgan fingerprint density at radius 1 is 1.32 bits per heavy atom. The molecule has 1 atom stereocenters. The molecule has 0 radical (unpaired) electrons. The first-order valence-corrected chi connectivity index (χ1v) is 6.52. The van der Waals surface area contributed by atoms with Crippen molar-refractivity contribution in [2.75, 3.05) is 18.4 Å². The Labute approximate surface area is 111 Å². The van der Waals surface area contributed by atoms with Crippen molar-refractivity contribution < 1.29 is 4.39 Å². The molecule has 2 aromatic rings. The van der Waals surface area contributed by atoms with Gasteiger partial charge in [-0.3, -0.25) is 5.10 Å². The molecule has 3 N–H and O–H groups in total. The number of H-pyrrole nitrogens is 1. The predicted octanol–water partition coefficient (Wildman–Crippen LogP) is 2.30. The Morgan fingerprint density at radius 3 is 2.79 bits per heavy atom. The van der Waals surface area contributed by atoms with Gasteiger partial charge in [-0.2, -0.15) is 5.10 Å². The quantitative estimate of drug-likeness (QED) is 0.793. The van der Waals surface area contributed by atoms with Crippen molar-refractivity contribution in [3.8, 4) is 11.3 Å². The number of rotatable bonds is 3. The third kappa shape index (κ3) is 2.46. The summed E-state index contributed by atoms with van der Waals surface area (Å²) in [4.78, 5) is 0. The molecule has 1 unspecified atom stereocenters. The number of halogens is 1. The molecule has 1 aromatic carbocycles. The van der Waals surface area contributed by atoms with Gasteiger partial charge in [-0.15, -0.1) is 0 Å². The number of benzene rings is 1. The molecule has 0 aliphatic carbocycles. The molecule has 1 saturated heterocycles. The SMILES string of the molecule is Cc1c(NC2CCNC2)n[nH]c1-c1ccc(F)cc1. The lowest BCUT2D eigenvalue weighted by molar-refractivity contribution is 0.628. The summed E-state index contributed by atoms with van der Waals surface area (Å²) in [7, 11) is 0. The zero-order chi connectivity index (χ0) is 13.2. The fourth-order valence-electron chi connectivity index (χ4n) is 2.41. The van der Waals surface area contributed by atoms with Crippen LogP contribution in [0.1, 0.15) is 12.0 Å². The van der Waals surface area contributed by atoms with Crippen LogP contribution >= 0.6 is 0 Å². The standard InChI is InChI=1S/C14H17FN4/c1-9-13(10-2-4-11(15)5-3-10)18-19-14(9)17-12-6-7-16-8-12/h2-5,12,16H,6-8H2,1H3,(H2,17,18,19). The number of aromatic amines is 1. The minimum absolute atomic E-state index is 0.226. The van der Waals surface area contributed by atoms with Gasteiger partial charge in [0.1, 0.15) is 5.82 Å². The molecule has 0 bridgehead atoms. The first-order valence-electron chi connectivity index (χ1n) is 6.52. The van der Waals surface area contributed by atoms with Crippen LogP contribution < -0.4 is 10.6 Å². The highest BCUT2D eigenvalue weighted by molar-refractivity contribution is 5.68. The van der Waals surface area contributed by atoms with Crippen LogP contribution in [0.5, 0.6) is 0 Å². The second kappa shape index (κ2) is 5.01. The molecule has 1 aliphatic heterocycles. The van der Waals surface area contributed by atoms with Gasteiger partial charge in [0.05, 0.1) is 5.69 Å². The monoisotopic (exact) mass is 260 g/mol. The van der Waals surface area contributed by atoms with Gasteiger partial charge in [0.15, 0.2) is 5.82 Å². The Bertz CT molecular complexity index is 555. The predicted molar refractivity (Wildman–Crippen MR) is 73.6 cm³/mol. The van der Waals surface area contributed by atoms with E-state index in [0.29, 0.717) is 6.04 Å². The zero-order valence-electron chi connectivity index (χ0n) is 10.8. The normalized spacial score (nSPS) is 18.7. The number of aromatic nitrogens is 2. The molecule has 19 heavy (non-hydrogen) atoms. The van der Waals surface area contributed by atoms with E-state index in [1.54, 1.807) is 12.1 Å². The molecule has 1 fully saturated rings. The molecular weight excluding hydrogens is 243 g/mol. The topological polar surface area (TPSA) is 52.7 Å². The molecule has 5 heteroatoms. The van der Waals surface area contributed by atoms with E-state index in [0.717, 1.165) is 42.1 Å². The highest BCUT2D eigenvalue weighted by Crippen LogP contribution is 2.26. The smallest absolute Gasteiger partial charge is 0.151 e. The van der Waals surface area contributed by atoms with Crippen LogP contribution in [0.25, 0.3) is 11.3 Å². The van der Waals surface area contributed by atoms with Crippen molar-refractivity contribution in [2.24, 2.45) is 0 Å². The van der Waals surface area contributed by atoms with Crippen molar-refractivity contribution in [3.63, 3.8) is 0 Å². The van der Waals surface area contributed by atoms with Crippen LogP contribution in [0.2, 0.25) is 0 Å². The summed E-state index contributed by atoms with van der Waals surface area (Å²) in [6.45, 7) is 4.04. The first-order chi connectivity index (χ1) is 9.24. The summed E-state index contributed by atoms with van der Waals surface area (Å²) in [6.07, 6.45) is 1.11. The van der Waals surface area contributed by atoms with Crippen molar-refractivity contribution >= 4 is 5.82 Å². The fourth-order valence-corrected chi connectivity index (χ4v) is 2.41. The summed E-state index contributed by atoms with van der Waals surface area (Å²) < 4.78 is 12.9. The van der Waals surface area contributed by atoms with E-state index >= 15 is 0 Å². The lowest BCUT2D eigenvalue weighted by atomic mass is 10.1. The average molecular weight is 260 g/mol. The molecule has 0 amide bonds. The molecule has 2 heterocycles. The maximum Gasteiger partial charge on any atom is 0.151 e. The Kier molecular flexibility index (Phi) is 3.21. The molecule has 1 aliphatic rings. The van der Waals surface area contributed by atoms with Crippen molar-refractivity contribution in [3.05, 3.63) is 35.6 Å². The van der Waals surface area contributed by atoms with E-state index in [2.05, 4.69) is 20.8 Å². The number of nitrogens with one attached hydrogen (secondary N) is 3. The summed E-state index contributed by atoms with van der Waals surface area (Å²) in [6, 6.07) is 6.88. The summed E-state index contributed by atoms with van der Waals surface area (Å²) in [5, 5.41) is 14.1. The van der Waals surface area contributed by atoms with Gasteiger partial charge in [0, 0.05) is 23.7 Å². The van der Waals surface area contributed by atoms with Crippen molar-refractivity contribution in [1.29, 1.82) is 0 Å². The fraction of sp³-hybridized carbons (Fsp3) is 0.357. The van der Waals surface area contributed by atoms with Gasteiger partial charge in [-0.25, -0.2) is 4.39 Å². The second-order valence-corrected chi connectivity index (χ2v) is 4.91. The minimum Gasteiger partial charge on any atom is -0.364 e. The number of nitrogens with zero attached hydrogens (tertiary/aromatic N) is 1. The van der Waals surface area contributed by atoms with Crippen LogP contribution in [0, 0.1) is 12.7 Å². The minimum atomic E-state index is -0.226. The van der Waals surface area contributed by atoms with Gasteiger partial charge in [0.2, 0.25) is 0 Å². The summed E-state index contributed by atoms with van der Waals surface area (Å²) in [5.41, 5.74) is 2.95. The van der Waals surface area contributed by atoms with Crippen LogP contribution in [0.3, 0.4) is 0 Å². The lowest BCUT2D eigenvalue weighted by Gasteiger charge is -2.10. The van der Waals surface area contributed by atoms with Gasteiger partial charge in [0.25, 0.3) is 0 Å². The van der Waals surface area contributed by atoms with E-state index in [1.165, 1.54) is 12.1 Å². The molecule has 0 spiro atoms. The highest BCUT2D eigenvalue weighted by Gasteiger charge is 2.17. The average Bonchev–Trinajstić information content (AvgIpc) is 3.03. The van der Waals surface area contributed by atoms with E-state index < -0.39 is 0 Å². The maximum atomic E-state index is 12.9. The Balaban J connectivity index is 1.83. The van der Waals surface area contributed by atoms with Crippen LogP contribution in [0.4, 0.5) is 10.2 Å². The highest BCUT2D eigenvalue weighted by atomic mass is 19.1. The molecular formula is C14H17FN4. The van der Waals surface area contributed by atoms with E-state index in [9.17, 15) is 4.39 Å². The third-order valence-electron chi connectivity index (χ3n) is 3.54. The Hall–Kier alpha value is -1.88. The maximum absolute atomic E-state index is 12.9. The van der Waals surface area contributed by atoms with Gasteiger partial charge >= 0.3 is 0 Å². The van der Waals surface area contributed by atoms with Crippen LogP contribution in [-0.4, -0.2) is 29.3 Å².